The van der Waals surface area contributed by atoms with E-state index in [-0.39, 0.29) is 17.9 Å². The molecule has 0 unspecified atom stereocenters. The van der Waals surface area contributed by atoms with E-state index in [2.05, 4.69) is 10.3 Å². The molecule has 3 aliphatic rings. The van der Waals surface area contributed by atoms with E-state index in [1.165, 1.54) is 12.8 Å². The Morgan fingerprint density at radius 3 is 2.82 bits per heavy atom. The van der Waals surface area contributed by atoms with Gasteiger partial charge in [0, 0.05) is 32.5 Å². The molecule has 3 heterocycles. The summed E-state index contributed by atoms with van der Waals surface area (Å²) >= 11 is 0. The van der Waals surface area contributed by atoms with Gasteiger partial charge in [0.1, 0.15) is 5.69 Å². The van der Waals surface area contributed by atoms with E-state index in [0.29, 0.717) is 25.3 Å². The SMILES string of the molecule is O=C1CCCN1Cc1cn(C2CN(C(=O)CC3CC3)C2)nn1. The maximum Gasteiger partial charge on any atom is 0.222 e. The van der Waals surface area contributed by atoms with Crippen molar-refractivity contribution in [3.63, 3.8) is 0 Å². The number of aromatic nitrogens is 3. The highest BCUT2D eigenvalue weighted by Gasteiger charge is 2.35. The van der Waals surface area contributed by atoms with E-state index in [9.17, 15) is 9.59 Å². The first-order valence-corrected chi connectivity index (χ1v) is 8.15. The molecule has 1 aromatic heterocycles. The molecule has 4 rings (SSSR count). The molecule has 1 saturated carbocycles. The lowest BCUT2D eigenvalue weighted by Crippen LogP contribution is -2.51. The molecule has 0 radical (unpaired) electrons. The maximum atomic E-state index is 12.0. The molecule has 7 heteroatoms. The second kappa shape index (κ2) is 5.37. The number of nitrogens with zero attached hydrogens (tertiary/aromatic N) is 5. The van der Waals surface area contributed by atoms with Crippen LogP contribution in [0.25, 0.3) is 0 Å². The van der Waals surface area contributed by atoms with Crippen molar-refractivity contribution in [1.82, 2.24) is 24.8 Å². The smallest absolute Gasteiger partial charge is 0.222 e. The molecule has 22 heavy (non-hydrogen) atoms. The predicted octanol–water partition coefficient (Wildman–Crippen LogP) is 0.584. The van der Waals surface area contributed by atoms with Gasteiger partial charge in [-0.25, -0.2) is 4.68 Å². The van der Waals surface area contributed by atoms with Gasteiger partial charge in [-0.15, -0.1) is 5.10 Å². The lowest BCUT2D eigenvalue weighted by molar-refractivity contribution is -0.137. The Labute approximate surface area is 129 Å². The van der Waals surface area contributed by atoms with Gasteiger partial charge in [0.2, 0.25) is 11.8 Å². The summed E-state index contributed by atoms with van der Waals surface area (Å²) in [5, 5.41) is 8.32. The maximum absolute atomic E-state index is 12.0. The zero-order chi connectivity index (χ0) is 15.1. The molecule has 3 fully saturated rings. The molecular weight excluding hydrogens is 282 g/mol. The zero-order valence-electron chi connectivity index (χ0n) is 12.6. The van der Waals surface area contributed by atoms with Crippen molar-refractivity contribution in [2.45, 2.75) is 44.7 Å². The van der Waals surface area contributed by atoms with Crippen LogP contribution < -0.4 is 0 Å². The molecular formula is C15H21N5O2. The van der Waals surface area contributed by atoms with Gasteiger partial charge in [-0.2, -0.15) is 0 Å². The second-order valence-electron chi connectivity index (χ2n) is 6.71. The molecule has 0 N–H and O–H groups in total. The van der Waals surface area contributed by atoms with Crippen molar-refractivity contribution in [1.29, 1.82) is 0 Å². The highest BCUT2D eigenvalue weighted by molar-refractivity contribution is 5.78. The second-order valence-corrected chi connectivity index (χ2v) is 6.71. The Hall–Kier alpha value is -1.92. The van der Waals surface area contributed by atoms with Crippen LogP contribution in [-0.4, -0.2) is 56.2 Å². The van der Waals surface area contributed by atoms with Crippen LogP contribution in [0.3, 0.4) is 0 Å². The van der Waals surface area contributed by atoms with Crippen LogP contribution in [0.1, 0.15) is 43.8 Å². The minimum atomic E-state index is 0.204. The summed E-state index contributed by atoms with van der Waals surface area (Å²) in [6.07, 6.45) is 6.64. The van der Waals surface area contributed by atoms with Crippen molar-refractivity contribution in [3.05, 3.63) is 11.9 Å². The molecule has 118 valence electrons. The third kappa shape index (κ3) is 2.71. The third-order valence-electron chi connectivity index (χ3n) is 4.83. The number of amides is 2. The monoisotopic (exact) mass is 303 g/mol. The van der Waals surface area contributed by atoms with E-state index >= 15 is 0 Å². The molecule has 1 aromatic rings. The topological polar surface area (TPSA) is 71.3 Å². The zero-order valence-corrected chi connectivity index (χ0v) is 12.6. The van der Waals surface area contributed by atoms with Crippen LogP contribution in [0.4, 0.5) is 0 Å². The van der Waals surface area contributed by atoms with Gasteiger partial charge in [0.15, 0.2) is 0 Å². The van der Waals surface area contributed by atoms with Crippen LogP contribution in [0, 0.1) is 5.92 Å². The molecule has 7 nitrogen and oxygen atoms in total. The van der Waals surface area contributed by atoms with Crippen molar-refractivity contribution >= 4 is 11.8 Å². The molecule has 0 aromatic carbocycles. The van der Waals surface area contributed by atoms with Crippen LogP contribution in [-0.2, 0) is 16.1 Å². The van der Waals surface area contributed by atoms with Crippen molar-refractivity contribution < 1.29 is 9.59 Å². The van der Waals surface area contributed by atoms with Crippen LogP contribution in [0.5, 0.6) is 0 Å². The van der Waals surface area contributed by atoms with Gasteiger partial charge in [-0.05, 0) is 25.2 Å². The summed E-state index contributed by atoms with van der Waals surface area (Å²) in [6.45, 7) is 2.84. The van der Waals surface area contributed by atoms with E-state index in [4.69, 9.17) is 0 Å². The highest BCUT2D eigenvalue weighted by atomic mass is 16.2. The van der Waals surface area contributed by atoms with E-state index in [1.807, 2.05) is 20.7 Å². The standard InChI is InChI=1S/C15H21N5O2/c21-14-2-1-5-18(14)7-12-8-20(17-16-12)13-9-19(10-13)15(22)6-11-3-4-11/h8,11,13H,1-7,9-10H2. The number of carbonyl (C=O) groups is 2. The first-order chi connectivity index (χ1) is 10.7. The molecule has 2 aliphatic heterocycles. The Morgan fingerprint density at radius 2 is 2.14 bits per heavy atom. The van der Waals surface area contributed by atoms with Gasteiger partial charge in [-0.3, -0.25) is 9.59 Å². The number of rotatable bonds is 5. The third-order valence-corrected chi connectivity index (χ3v) is 4.83. The Morgan fingerprint density at radius 1 is 1.32 bits per heavy atom. The van der Waals surface area contributed by atoms with E-state index in [1.54, 1.807) is 0 Å². The first kappa shape index (κ1) is 13.7. The minimum absolute atomic E-state index is 0.204. The molecule has 0 atom stereocenters. The summed E-state index contributed by atoms with van der Waals surface area (Å²) < 4.78 is 1.84. The Kier molecular flexibility index (Phi) is 3.35. The average Bonchev–Trinajstić information content (AvgIpc) is 2.98. The highest BCUT2D eigenvalue weighted by Crippen LogP contribution is 2.34. The lowest BCUT2D eigenvalue weighted by Gasteiger charge is -2.39. The van der Waals surface area contributed by atoms with E-state index in [0.717, 1.165) is 31.7 Å². The fourth-order valence-electron chi connectivity index (χ4n) is 3.16. The number of hydrogen-bond acceptors (Lipinski definition) is 4. The van der Waals surface area contributed by atoms with Gasteiger partial charge >= 0.3 is 0 Å². The fourth-order valence-corrected chi connectivity index (χ4v) is 3.16. The average molecular weight is 303 g/mol. The molecule has 2 saturated heterocycles. The Bertz CT molecular complexity index is 589. The Balaban J connectivity index is 1.29. The quantitative estimate of drug-likeness (QED) is 0.798. The minimum Gasteiger partial charge on any atom is -0.338 e. The summed E-state index contributed by atoms with van der Waals surface area (Å²) in [7, 11) is 0. The molecule has 0 spiro atoms. The lowest BCUT2D eigenvalue weighted by atomic mass is 10.1. The number of carbonyl (C=O) groups excluding carboxylic acids is 2. The molecule has 1 aliphatic carbocycles. The van der Waals surface area contributed by atoms with Gasteiger partial charge < -0.3 is 9.80 Å². The number of hydrogen-bond donors (Lipinski definition) is 0. The first-order valence-electron chi connectivity index (χ1n) is 8.15. The molecule has 2 amide bonds. The van der Waals surface area contributed by atoms with Crippen molar-refractivity contribution in [2.75, 3.05) is 19.6 Å². The summed E-state index contributed by atoms with van der Waals surface area (Å²) in [6, 6.07) is 0.235. The summed E-state index contributed by atoms with van der Waals surface area (Å²) in [4.78, 5) is 27.3. The normalized spacial score (nSPS) is 22.3. The van der Waals surface area contributed by atoms with Crippen LogP contribution >= 0.6 is 0 Å². The fraction of sp³-hybridized carbons (Fsp3) is 0.733. The summed E-state index contributed by atoms with van der Waals surface area (Å²) in [5.74, 6) is 1.12. The van der Waals surface area contributed by atoms with Gasteiger partial charge in [0.25, 0.3) is 0 Å². The van der Waals surface area contributed by atoms with Gasteiger partial charge in [-0.1, -0.05) is 5.21 Å². The predicted molar refractivity (Wildman–Crippen MR) is 77.6 cm³/mol. The van der Waals surface area contributed by atoms with E-state index < -0.39 is 0 Å². The van der Waals surface area contributed by atoms with Crippen molar-refractivity contribution in [2.24, 2.45) is 5.92 Å². The van der Waals surface area contributed by atoms with Crippen LogP contribution in [0.2, 0.25) is 0 Å². The largest absolute Gasteiger partial charge is 0.338 e. The van der Waals surface area contributed by atoms with Gasteiger partial charge in [0.05, 0.1) is 18.8 Å². The van der Waals surface area contributed by atoms with Crippen LogP contribution in [0.15, 0.2) is 6.20 Å². The molecule has 0 bridgehead atoms. The summed E-state index contributed by atoms with van der Waals surface area (Å²) in [5.41, 5.74) is 0.831. The number of likely N-dealkylation sites (tertiary alicyclic amines) is 2. The van der Waals surface area contributed by atoms with Crippen molar-refractivity contribution in [3.8, 4) is 0 Å².